The third kappa shape index (κ3) is 3.31. The van der Waals surface area contributed by atoms with Gasteiger partial charge in [-0.05, 0) is 32.9 Å². The minimum absolute atomic E-state index is 0.0687. The molecule has 6 heteroatoms. The smallest absolute Gasteiger partial charge is 0.282 e. The Morgan fingerprint density at radius 2 is 1.88 bits per heavy atom. The van der Waals surface area contributed by atoms with Crippen LogP contribution in [0.3, 0.4) is 0 Å². The molecule has 1 aromatic heterocycles. The van der Waals surface area contributed by atoms with Gasteiger partial charge in [-0.2, -0.15) is 17.0 Å². The molecule has 0 aliphatic carbocycles. The average molecular weight is 260 g/mol. The van der Waals surface area contributed by atoms with Gasteiger partial charge in [-0.25, -0.2) is 0 Å². The van der Waals surface area contributed by atoms with Gasteiger partial charge in [0.25, 0.3) is 10.2 Å². The lowest BCUT2D eigenvalue weighted by Crippen LogP contribution is -2.42. The average Bonchev–Trinajstić information content (AvgIpc) is 2.62. The van der Waals surface area contributed by atoms with Crippen molar-refractivity contribution in [2.75, 3.05) is 14.1 Å². The molecule has 98 valence electrons. The molecule has 0 saturated carbocycles. The predicted octanol–water partition coefficient (Wildman–Crippen LogP) is 1.60. The molecule has 0 atom stereocenters. The van der Waals surface area contributed by atoms with Crippen LogP contribution in [0, 0.1) is 6.92 Å². The van der Waals surface area contributed by atoms with Crippen LogP contribution >= 0.6 is 0 Å². The molecule has 0 fully saturated rings. The molecule has 0 aromatic carbocycles. The lowest BCUT2D eigenvalue weighted by atomic mass is 10.4. The Morgan fingerprint density at radius 3 is 2.29 bits per heavy atom. The quantitative estimate of drug-likeness (QED) is 0.808. The van der Waals surface area contributed by atoms with Gasteiger partial charge in [0.05, 0.1) is 6.54 Å². The molecule has 1 rings (SSSR count). The molecule has 0 radical (unpaired) electrons. The second kappa shape index (κ2) is 5.20. The van der Waals surface area contributed by atoms with Crippen molar-refractivity contribution >= 4 is 10.2 Å². The van der Waals surface area contributed by atoms with Crippen molar-refractivity contribution in [2.45, 2.75) is 33.4 Å². The standard InChI is InChI=1S/C11H20N2O3S/c1-9(2)13(5)17(14,15)12(4)8-11-7-6-10(3)16-11/h6-7,9H,8H2,1-5H3. The maximum Gasteiger partial charge on any atom is 0.282 e. The van der Waals surface area contributed by atoms with Crippen LogP contribution in [0.25, 0.3) is 0 Å². The Labute approximate surface area is 103 Å². The first-order chi connectivity index (χ1) is 7.75. The zero-order valence-electron chi connectivity index (χ0n) is 11.0. The maximum atomic E-state index is 12.1. The van der Waals surface area contributed by atoms with Gasteiger partial charge in [0.15, 0.2) is 0 Å². The summed E-state index contributed by atoms with van der Waals surface area (Å²) >= 11 is 0. The van der Waals surface area contributed by atoms with E-state index in [0.717, 1.165) is 5.76 Å². The fourth-order valence-corrected chi connectivity index (χ4v) is 2.62. The van der Waals surface area contributed by atoms with Gasteiger partial charge in [-0.3, -0.25) is 0 Å². The summed E-state index contributed by atoms with van der Waals surface area (Å²) in [6.45, 7) is 5.75. The molecule has 0 unspecified atom stereocenters. The summed E-state index contributed by atoms with van der Waals surface area (Å²) in [7, 11) is -0.300. The summed E-state index contributed by atoms with van der Waals surface area (Å²) in [5.41, 5.74) is 0. The molecule has 0 saturated heterocycles. The Kier molecular flexibility index (Phi) is 4.35. The zero-order chi connectivity index (χ0) is 13.2. The molecule has 0 bridgehead atoms. The van der Waals surface area contributed by atoms with Crippen molar-refractivity contribution in [1.82, 2.24) is 8.61 Å². The number of nitrogens with zero attached hydrogens (tertiary/aromatic N) is 2. The van der Waals surface area contributed by atoms with E-state index in [4.69, 9.17) is 4.42 Å². The lowest BCUT2D eigenvalue weighted by Gasteiger charge is -2.26. The summed E-state index contributed by atoms with van der Waals surface area (Å²) in [6.07, 6.45) is 0. The number of furan rings is 1. The van der Waals surface area contributed by atoms with Gasteiger partial charge in [-0.15, -0.1) is 0 Å². The van der Waals surface area contributed by atoms with Gasteiger partial charge in [0.1, 0.15) is 11.5 Å². The van der Waals surface area contributed by atoms with E-state index in [1.807, 2.05) is 26.8 Å². The number of hydrogen-bond acceptors (Lipinski definition) is 3. The van der Waals surface area contributed by atoms with Crippen LogP contribution in [0.5, 0.6) is 0 Å². The van der Waals surface area contributed by atoms with Gasteiger partial charge in [0, 0.05) is 20.1 Å². The Bertz CT molecular complexity index is 465. The second-order valence-electron chi connectivity index (χ2n) is 4.39. The van der Waals surface area contributed by atoms with Crippen LogP contribution in [0.15, 0.2) is 16.5 Å². The highest BCUT2D eigenvalue weighted by Gasteiger charge is 2.26. The van der Waals surface area contributed by atoms with Gasteiger partial charge < -0.3 is 4.42 Å². The molecule has 0 aliphatic heterocycles. The van der Waals surface area contributed by atoms with E-state index < -0.39 is 10.2 Å². The minimum Gasteiger partial charge on any atom is -0.465 e. The van der Waals surface area contributed by atoms with Crippen molar-refractivity contribution in [2.24, 2.45) is 0 Å². The molecular formula is C11H20N2O3S. The molecule has 17 heavy (non-hydrogen) atoms. The maximum absolute atomic E-state index is 12.1. The first-order valence-corrected chi connectivity index (χ1v) is 6.89. The van der Waals surface area contributed by atoms with Gasteiger partial charge in [0.2, 0.25) is 0 Å². The Hall–Kier alpha value is -0.850. The van der Waals surface area contributed by atoms with Crippen LogP contribution in [0.4, 0.5) is 0 Å². The molecule has 0 N–H and O–H groups in total. The van der Waals surface area contributed by atoms with Crippen molar-refractivity contribution in [3.63, 3.8) is 0 Å². The third-order valence-corrected chi connectivity index (χ3v) is 4.73. The molecule has 5 nitrogen and oxygen atoms in total. The van der Waals surface area contributed by atoms with Crippen LogP contribution in [0.1, 0.15) is 25.4 Å². The minimum atomic E-state index is -3.42. The molecule has 0 spiro atoms. The molecule has 1 heterocycles. The molecular weight excluding hydrogens is 240 g/mol. The van der Waals surface area contributed by atoms with E-state index in [1.165, 1.54) is 8.61 Å². The lowest BCUT2D eigenvalue weighted by molar-refractivity contribution is 0.338. The summed E-state index contributed by atoms with van der Waals surface area (Å²) in [6, 6.07) is 3.54. The van der Waals surface area contributed by atoms with E-state index in [-0.39, 0.29) is 12.6 Å². The van der Waals surface area contributed by atoms with Crippen LogP contribution in [0.2, 0.25) is 0 Å². The largest absolute Gasteiger partial charge is 0.465 e. The Morgan fingerprint density at radius 1 is 1.29 bits per heavy atom. The fraction of sp³-hybridized carbons (Fsp3) is 0.636. The van der Waals surface area contributed by atoms with Crippen LogP contribution in [-0.2, 0) is 16.8 Å². The van der Waals surface area contributed by atoms with Crippen LogP contribution < -0.4 is 0 Å². The normalized spacial score (nSPS) is 12.9. The summed E-state index contributed by atoms with van der Waals surface area (Å²) in [4.78, 5) is 0. The second-order valence-corrected chi connectivity index (χ2v) is 6.48. The van der Waals surface area contributed by atoms with E-state index >= 15 is 0 Å². The van der Waals surface area contributed by atoms with E-state index in [9.17, 15) is 8.42 Å². The van der Waals surface area contributed by atoms with Crippen molar-refractivity contribution < 1.29 is 12.8 Å². The van der Waals surface area contributed by atoms with Gasteiger partial charge >= 0.3 is 0 Å². The van der Waals surface area contributed by atoms with E-state index in [1.54, 1.807) is 20.2 Å². The van der Waals surface area contributed by atoms with E-state index in [0.29, 0.717) is 5.76 Å². The van der Waals surface area contributed by atoms with E-state index in [2.05, 4.69) is 0 Å². The topological polar surface area (TPSA) is 53.8 Å². The molecule has 0 amide bonds. The number of aryl methyl sites for hydroxylation is 1. The number of rotatable bonds is 5. The van der Waals surface area contributed by atoms with Crippen molar-refractivity contribution in [3.05, 3.63) is 23.7 Å². The summed E-state index contributed by atoms with van der Waals surface area (Å²) < 4.78 is 32.2. The highest BCUT2D eigenvalue weighted by molar-refractivity contribution is 7.86. The fourth-order valence-electron chi connectivity index (χ4n) is 1.36. The monoisotopic (exact) mass is 260 g/mol. The summed E-state index contributed by atoms with van der Waals surface area (Å²) in [5, 5.41) is 0. The van der Waals surface area contributed by atoms with Crippen LogP contribution in [-0.4, -0.2) is 37.2 Å². The summed E-state index contributed by atoms with van der Waals surface area (Å²) in [5.74, 6) is 1.42. The highest BCUT2D eigenvalue weighted by atomic mass is 32.2. The predicted molar refractivity (Wildman–Crippen MR) is 66.7 cm³/mol. The Balaban J connectivity index is 2.79. The zero-order valence-corrected chi connectivity index (χ0v) is 11.8. The first kappa shape index (κ1) is 14.2. The molecule has 1 aromatic rings. The first-order valence-electron chi connectivity index (χ1n) is 5.49. The van der Waals surface area contributed by atoms with Gasteiger partial charge in [-0.1, -0.05) is 0 Å². The third-order valence-electron chi connectivity index (χ3n) is 2.66. The van der Waals surface area contributed by atoms with Crippen molar-refractivity contribution in [1.29, 1.82) is 0 Å². The highest BCUT2D eigenvalue weighted by Crippen LogP contribution is 2.14. The SMILES string of the molecule is Cc1ccc(CN(C)S(=O)(=O)N(C)C(C)C)o1. The molecule has 0 aliphatic rings. The van der Waals surface area contributed by atoms with Crippen molar-refractivity contribution in [3.8, 4) is 0 Å². The number of hydrogen-bond donors (Lipinski definition) is 0.